The summed E-state index contributed by atoms with van der Waals surface area (Å²) >= 11 is 6.78. The summed E-state index contributed by atoms with van der Waals surface area (Å²) in [4.78, 5) is 34.9. The van der Waals surface area contributed by atoms with Crippen LogP contribution in [0, 0.1) is 11.3 Å². The summed E-state index contributed by atoms with van der Waals surface area (Å²) in [5, 5.41) is 12.7. The van der Waals surface area contributed by atoms with Gasteiger partial charge >= 0.3 is 12.1 Å². The van der Waals surface area contributed by atoms with Crippen LogP contribution in [0.5, 0.6) is 6.01 Å². The molecule has 1 aromatic heterocycles. The highest BCUT2D eigenvalue weighted by molar-refractivity contribution is 6.36. The summed E-state index contributed by atoms with van der Waals surface area (Å²) in [7, 11) is 0. The number of hydrogen-bond acceptors (Lipinski definition) is 10. The highest BCUT2D eigenvalue weighted by atomic mass is 35.5. The average Bonchev–Trinajstić information content (AvgIpc) is 4.00. The van der Waals surface area contributed by atoms with Gasteiger partial charge in [-0.25, -0.2) is 4.79 Å². The Hall–Kier alpha value is -4.63. The smallest absolute Gasteiger partial charge is 0.410 e. The Morgan fingerprint density at radius 2 is 1.74 bits per heavy atom. The highest BCUT2D eigenvalue weighted by Crippen LogP contribution is 2.43. The number of aromatic nitrogens is 2. The van der Waals surface area contributed by atoms with E-state index in [1.165, 1.54) is 0 Å². The second-order valence-corrected chi connectivity index (χ2v) is 15.1. The van der Waals surface area contributed by atoms with Crippen LogP contribution in [-0.4, -0.2) is 108 Å². The molecule has 2 saturated heterocycles. The second kappa shape index (κ2) is 15.4. The van der Waals surface area contributed by atoms with Gasteiger partial charge in [0.1, 0.15) is 19.0 Å². The van der Waals surface area contributed by atoms with Crippen molar-refractivity contribution >= 4 is 40.0 Å². The monoisotopic (exact) mass is 734 g/mol. The summed E-state index contributed by atoms with van der Waals surface area (Å²) in [5.74, 6) is 0.835. The first-order valence-corrected chi connectivity index (χ1v) is 19.3. The lowest BCUT2D eigenvalue weighted by molar-refractivity contribution is 0.0579. The SMILES string of the molecule is CCN1CCN(C2(COc3nc4c(c(N5CCN(C(=O)OCc6ccccc6)[C@@H](CC#N)C5)n3)CCN(c3cccc5cccc(Cl)c35)C4)CC2)CC1. The van der Waals surface area contributed by atoms with Gasteiger partial charge in [-0.2, -0.15) is 15.2 Å². The zero-order chi connectivity index (χ0) is 36.4. The molecular weight excluding hydrogens is 688 g/mol. The number of carbonyl (C=O) groups is 1. The van der Waals surface area contributed by atoms with E-state index < -0.39 is 6.09 Å². The minimum absolute atomic E-state index is 0.0363. The predicted octanol–water partition coefficient (Wildman–Crippen LogP) is 6.14. The number of nitrogens with zero attached hydrogens (tertiary/aromatic N) is 8. The Kier molecular flexibility index (Phi) is 10.3. The molecule has 0 radical (unpaired) electrons. The summed E-state index contributed by atoms with van der Waals surface area (Å²) < 4.78 is 12.3. The van der Waals surface area contributed by atoms with Crippen molar-refractivity contribution in [1.82, 2.24) is 24.7 Å². The topological polar surface area (TPSA) is 101 Å². The van der Waals surface area contributed by atoms with Crippen LogP contribution in [-0.2, 0) is 24.3 Å². The number of nitriles is 1. The molecule has 11 nitrogen and oxygen atoms in total. The molecule has 1 saturated carbocycles. The molecule has 0 unspecified atom stereocenters. The van der Waals surface area contributed by atoms with E-state index in [0.717, 1.165) is 103 Å². The van der Waals surface area contributed by atoms with E-state index in [0.29, 0.717) is 38.8 Å². The van der Waals surface area contributed by atoms with Crippen LogP contribution < -0.4 is 14.5 Å². The molecule has 12 heteroatoms. The van der Waals surface area contributed by atoms with Crippen LogP contribution in [0.1, 0.15) is 43.0 Å². The molecule has 3 aromatic carbocycles. The molecule has 0 spiro atoms. The van der Waals surface area contributed by atoms with Crippen molar-refractivity contribution in [3.05, 3.63) is 88.6 Å². The first-order valence-electron chi connectivity index (χ1n) is 19.0. The van der Waals surface area contributed by atoms with Crippen molar-refractivity contribution in [2.45, 2.75) is 57.3 Å². The maximum Gasteiger partial charge on any atom is 0.410 e. The zero-order valence-corrected chi connectivity index (χ0v) is 31.2. The first kappa shape index (κ1) is 35.4. The van der Waals surface area contributed by atoms with E-state index >= 15 is 0 Å². The number of rotatable bonds is 10. The lowest BCUT2D eigenvalue weighted by atomic mass is 10.0. The lowest BCUT2D eigenvalue weighted by Crippen LogP contribution is -2.56. The quantitative estimate of drug-likeness (QED) is 0.189. The van der Waals surface area contributed by atoms with E-state index in [1.807, 2.05) is 42.5 Å². The number of amides is 1. The largest absolute Gasteiger partial charge is 0.461 e. The van der Waals surface area contributed by atoms with Crippen molar-refractivity contribution < 1.29 is 14.3 Å². The third-order valence-corrected chi connectivity index (χ3v) is 11.8. The molecule has 53 heavy (non-hydrogen) atoms. The van der Waals surface area contributed by atoms with Crippen LogP contribution in [0.3, 0.4) is 0 Å². The van der Waals surface area contributed by atoms with Crippen molar-refractivity contribution in [2.75, 3.05) is 75.3 Å². The summed E-state index contributed by atoms with van der Waals surface area (Å²) in [6.07, 6.45) is 2.76. The van der Waals surface area contributed by atoms with Gasteiger partial charge in [0.2, 0.25) is 0 Å². The van der Waals surface area contributed by atoms with Crippen LogP contribution in [0.4, 0.5) is 16.3 Å². The number of anilines is 2. The van der Waals surface area contributed by atoms with Crippen LogP contribution >= 0.6 is 11.6 Å². The summed E-state index contributed by atoms with van der Waals surface area (Å²) in [5.41, 5.74) is 4.07. The van der Waals surface area contributed by atoms with E-state index in [1.54, 1.807) is 4.90 Å². The van der Waals surface area contributed by atoms with E-state index in [2.05, 4.69) is 56.9 Å². The molecule has 1 amide bonds. The number of fused-ring (bicyclic) bond motifs is 2. The summed E-state index contributed by atoms with van der Waals surface area (Å²) in [6, 6.07) is 24.3. The van der Waals surface area contributed by atoms with E-state index in [4.69, 9.17) is 31.0 Å². The second-order valence-electron chi connectivity index (χ2n) is 14.7. The Balaban J connectivity index is 1.06. The highest BCUT2D eigenvalue weighted by Gasteiger charge is 2.49. The molecule has 1 atom stereocenters. The fourth-order valence-electron chi connectivity index (χ4n) is 8.26. The Bertz CT molecular complexity index is 1970. The van der Waals surface area contributed by atoms with Crippen molar-refractivity contribution in [3.8, 4) is 12.1 Å². The molecule has 1 aliphatic carbocycles. The first-order chi connectivity index (χ1) is 25.9. The fourth-order valence-corrected chi connectivity index (χ4v) is 8.54. The molecule has 4 aromatic rings. The number of halogens is 1. The van der Waals surface area contributed by atoms with Gasteiger partial charge in [0.15, 0.2) is 0 Å². The molecule has 8 rings (SSSR count). The number of benzene rings is 3. The molecule has 4 heterocycles. The number of carbonyl (C=O) groups excluding carboxylic acids is 1. The van der Waals surface area contributed by atoms with Gasteiger partial charge < -0.3 is 29.1 Å². The van der Waals surface area contributed by atoms with Gasteiger partial charge in [0.25, 0.3) is 0 Å². The number of ether oxygens (including phenoxy) is 2. The molecule has 276 valence electrons. The maximum atomic E-state index is 13.3. The van der Waals surface area contributed by atoms with Gasteiger partial charge in [-0.05, 0) is 48.9 Å². The molecular formula is C41H47ClN8O3. The van der Waals surface area contributed by atoms with Gasteiger partial charge in [-0.1, -0.05) is 73.1 Å². The normalized spacial score (nSPS) is 20.2. The van der Waals surface area contributed by atoms with Gasteiger partial charge in [0.05, 0.1) is 41.3 Å². The fraction of sp³-hybridized carbons (Fsp3) is 0.463. The Labute approximate surface area is 316 Å². The van der Waals surface area contributed by atoms with Gasteiger partial charge in [-0.15, -0.1) is 0 Å². The standard InChI is InChI=1S/C41H47ClN8O3/c1-2-46-20-23-49(24-21-46)41(16-17-41)29-53-39-44-35-27-47(36-13-7-11-31-10-6-12-34(42)37(31)36)19-15-33(35)38(45-39)48-22-25-50(32(26-48)14-18-43)40(51)52-28-30-8-4-3-5-9-30/h3-13,32H,2,14-17,19-29H2,1H3/t32-/m0/s1. The van der Waals surface area contributed by atoms with Crippen molar-refractivity contribution in [1.29, 1.82) is 5.26 Å². The number of hydrogen-bond donors (Lipinski definition) is 0. The predicted molar refractivity (Wildman–Crippen MR) is 206 cm³/mol. The molecule has 3 aliphatic heterocycles. The van der Waals surface area contributed by atoms with Crippen LogP contribution in [0.2, 0.25) is 5.02 Å². The molecule has 0 N–H and O–H groups in total. The summed E-state index contributed by atoms with van der Waals surface area (Å²) in [6.45, 7) is 11.1. The third kappa shape index (κ3) is 7.45. The molecule has 3 fully saturated rings. The van der Waals surface area contributed by atoms with Crippen LogP contribution in [0.15, 0.2) is 66.7 Å². The molecule has 4 aliphatic rings. The Morgan fingerprint density at radius 1 is 0.943 bits per heavy atom. The van der Waals surface area contributed by atoms with E-state index in [9.17, 15) is 10.1 Å². The van der Waals surface area contributed by atoms with E-state index in [-0.39, 0.29) is 24.6 Å². The van der Waals surface area contributed by atoms with Gasteiger partial charge in [0, 0.05) is 69.0 Å². The van der Waals surface area contributed by atoms with Crippen molar-refractivity contribution in [3.63, 3.8) is 0 Å². The minimum atomic E-state index is -0.401. The number of likely N-dealkylation sites (N-methyl/N-ethyl adjacent to an activating group) is 1. The van der Waals surface area contributed by atoms with Crippen LogP contribution in [0.25, 0.3) is 10.8 Å². The van der Waals surface area contributed by atoms with Crippen molar-refractivity contribution in [2.24, 2.45) is 0 Å². The molecule has 0 bridgehead atoms. The Morgan fingerprint density at radius 3 is 2.49 bits per heavy atom. The maximum absolute atomic E-state index is 13.3. The average molecular weight is 735 g/mol. The van der Waals surface area contributed by atoms with Gasteiger partial charge in [-0.3, -0.25) is 4.90 Å². The minimum Gasteiger partial charge on any atom is -0.461 e. The lowest BCUT2D eigenvalue weighted by Gasteiger charge is -2.42. The number of piperazine rings is 2. The third-order valence-electron chi connectivity index (χ3n) is 11.5. The zero-order valence-electron chi connectivity index (χ0n) is 30.4.